The van der Waals surface area contributed by atoms with Crippen molar-refractivity contribution >= 4 is 0 Å². The van der Waals surface area contributed by atoms with E-state index in [9.17, 15) is 0 Å². The molecule has 0 aromatic heterocycles. The fourth-order valence-corrected chi connectivity index (χ4v) is 1.31. The van der Waals surface area contributed by atoms with Gasteiger partial charge in [-0.05, 0) is 12.8 Å². The molecule has 1 saturated carbocycles. The van der Waals surface area contributed by atoms with Gasteiger partial charge < -0.3 is 36.7 Å². The molecular weight excluding hydrogens is 378 g/mol. The van der Waals surface area contributed by atoms with E-state index >= 15 is 0 Å². The summed E-state index contributed by atoms with van der Waals surface area (Å²) in [4.78, 5) is 0. The Bertz CT molecular complexity index is 68.4. The van der Waals surface area contributed by atoms with Crippen LogP contribution in [0.5, 0.6) is 0 Å². The Balaban J connectivity index is -0.0000000800. The van der Waals surface area contributed by atoms with E-state index in [0.717, 1.165) is 0 Å². The van der Waals surface area contributed by atoms with Gasteiger partial charge in [-0.15, -0.1) is 0 Å². The molecule has 0 aromatic carbocycles. The van der Waals surface area contributed by atoms with Gasteiger partial charge >= 0.3 is 21.1 Å². The normalized spacial score (nSPS) is 16.8. The van der Waals surface area contributed by atoms with Crippen LogP contribution in [0.1, 0.15) is 38.5 Å². The first kappa shape index (κ1) is 23.2. The summed E-state index contributed by atoms with van der Waals surface area (Å²) in [5, 5.41) is 0. The first-order valence-corrected chi connectivity index (χ1v) is 3.65. The molecule has 1 aliphatic rings. The Labute approximate surface area is 102 Å². The molecule has 0 amide bonds. The van der Waals surface area contributed by atoms with E-state index in [1.807, 2.05) is 0 Å². The monoisotopic (exact) mass is 395 g/mol. The Morgan fingerprint density at radius 3 is 1.50 bits per heavy atom. The fraction of sp³-hybridized carbons (Fsp3) is 1.00. The molecule has 0 bridgehead atoms. The number of halogens is 2. The van der Waals surface area contributed by atoms with Crippen molar-refractivity contribution in [3.8, 4) is 0 Å². The van der Waals surface area contributed by atoms with Crippen LogP contribution in [0.2, 0.25) is 0 Å². The van der Waals surface area contributed by atoms with Gasteiger partial charge in [-0.25, -0.2) is 0 Å². The first-order valence-electron chi connectivity index (χ1n) is 3.65. The summed E-state index contributed by atoms with van der Waals surface area (Å²) in [6.07, 6.45) is 8.07. The standard InChI is InChI=1S/C7H15N.2ClH.H3N.Pt/c8-7-5-3-1-2-4-6-7;;;;/h7H,1-6,8H2;2*1H;1H3;/q;;;;+2/p-2. The largest absolute Gasteiger partial charge is 2.00 e. The predicted octanol–water partition coefficient (Wildman–Crippen LogP) is -4.16. The zero-order valence-electron chi connectivity index (χ0n) is 7.18. The Kier molecular flexibility index (Phi) is 28.4. The molecule has 2 nitrogen and oxygen atoms in total. The molecule has 0 spiro atoms. The van der Waals surface area contributed by atoms with Crippen LogP contribution in [0.4, 0.5) is 0 Å². The van der Waals surface area contributed by atoms with Crippen molar-refractivity contribution in [1.29, 1.82) is 0 Å². The van der Waals surface area contributed by atoms with Gasteiger partial charge in [0.2, 0.25) is 0 Å². The molecule has 0 saturated heterocycles. The summed E-state index contributed by atoms with van der Waals surface area (Å²) in [5.74, 6) is 0. The minimum Gasteiger partial charge on any atom is -1.00 e. The molecule has 1 fully saturated rings. The van der Waals surface area contributed by atoms with Crippen LogP contribution in [0.15, 0.2) is 0 Å². The van der Waals surface area contributed by atoms with E-state index < -0.39 is 0 Å². The summed E-state index contributed by atoms with van der Waals surface area (Å²) in [6, 6.07) is 0.525. The van der Waals surface area contributed by atoms with Crippen molar-refractivity contribution in [3.63, 3.8) is 0 Å². The van der Waals surface area contributed by atoms with Gasteiger partial charge in [-0.2, -0.15) is 0 Å². The third-order valence-electron chi connectivity index (χ3n) is 1.90. The second-order valence-corrected chi connectivity index (χ2v) is 2.75. The quantitative estimate of drug-likeness (QED) is 0.409. The van der Waals surface area contributed by atoms with Gasteiger partial charge in [0.25, 0.3) is 0 Å². The van der Waals surface area contributed by atoms with Crippen molar-refractivity contribution in [3.05, 3.63) is 0 Å². The van der Waals surface area contributed by atoms with E-state index in [1.54, 1.807) is 0 Å². The average Bonchev–Trinajstić information content (AvgIpc) is 1.94. The molecule has 0 unspecified atom stereocenters. The molecule has 0 radical (unpaired) electrons. The van der Waals surface area contributed by atoms with Crippen molar-refractivity contribution < 1.29 is 45.9 Å². The average molecular weight is 396 g/mol. The number of nitrogens with two attached hydrogens (primary N) is 1. The van der Waals surface area contributed by atoms with Crippen LogP contribution in [0, 0.1) is 0 Å². The van der Waals surface area contributed by atoms with Gasteiger partial charge in [0, 0.05) is 6.04 Å². The van der Waals surface area contributed by atoms with Crippen LogP contribution in [0.25, 0.3) is 0 Å². The Hall–Kier alpha value is 1.19. The number of hydrogen-bond acceptors (Lipinski definition) is 2. The summed E-state index contributed by atoms with van der Waals surface area (Å²) < 4.78 is 0. The summed E-state index contributed by atoms with van der Waals surface area (Å²) in [6.45, 7) is 0. The van der Waals surface area contributed by atoms with Crippen LogP contribution < -0.4 is 36.7 Å². The van der Waals surface area contributed by atoms with Crippen molar-refractivity contribution in [1.82, 2.24) is 6.15 Å². The fourth-order valence-electron chi connectivity index (χ4n) is 1.31. The van der Waals surface area contributed by atoms with Crippen LogP contribution in [-0.4, -0.2) is 6.04 Å². The third kappa shape index (κ3) is 11.2. The maximum Gasteiger partial charge on any atom is 2.00 e. The topological polar surface area (TPSA) is 61.0 Å². The molecule has 5 heteroatoms. The van der Waals surface area contributed by atoms with E-state index in [-0.39, 0.29) is 52.0 Å². The Morgan fingerprint density at radius 2 is 1.17 bits per heavy atom. The molecule has 1 aliphatic carbocycles. The van der Waals surface area contributed by atoms with Gasteiger partial charge in [0.15, 0.2) is 0 Å². The minimum absolute atomic E-state index is 0. The number of rotatable bonds is 0. The first-order chi connectivity index (χ1) is 3.89. The van der Waals surface area contributed by atoms with Crippen LogP contribution in [-0.2, 0) is 21.1 Å². The van der Waals surface area contributed by atoms with Gasteiger partial charge in [0.1, 0.15) is 0 Å². The molecule has 0 aromatic rings. The molecule has 5 N–H and O–H groups in total. The molecule has 80 valence electrons. The number of hydrogen-bond donors (Lipinski definition) is 2. The summed E-state index contributed by atoms with van der Waals surface area (Å²) >= 11 is 0. The molecule has 0 aliphatic heterocycles. The van der Waals surface area contributed by atoms with E-state index in [1.165, 1.54) is 38.5 Å². The predicted molar refractivity (Wildman–Crippen MR) is 40.7 cm³/mol. The third-order valence-corrected chi connectivity index (χ3v) is 1.90. The smallest absolute Gasteiger partial charge is 1.00 e. The van der Waals surface area contributed by atoms with Gasteiger partial charge in [0.05, 0.1) is 0 Å². The maximum absolute atomic E-state index is 5.73. The van der Waals surface area contributed by atoms with E-state index in [2.05, 4.69) is 0 Å². The van der Waals surface area contributed by atoms with Crippen LogP contribution in [0.3, 0.4) is 0 Å². The van der Waals surface area contributed by atoms with Gasteiger partial charge in [-0.1, -0.05) is 25.7 Å². The molecule has 0 heterocycles. The van der Waals surface area contributed by atoms with Crippen molar-refractivity contribution in [2.24, 2.45) is 5.73 Å². The molecule has 0 atom stereocenters. The molecule has 1 rings (SSSR count). The molecule has 12 heavy (non-hydrogen) atoms. The zero-order chi connectivity index (χ0) is 5.82. The Morgan fingerprint density at radius 1 is 0.833 bits per heavy atom. The van der Waals surface area contributed by atoms with E-state index in [4.69, 9.17) is 5.73 Å². The SMILES string of the molecule is N.NC1CCCCCC1.[Cl-].[Cl-].[Pt+2]. The van der Waals surface area contributed by atoms with Crippen molar-refractivity contribution in [2.75, 3.05) is 0 Å². The van der Waals surface area contributed by atoms with Crippen LogP contribution >= 0.6 is 0 Å². The molecular formula is C7H18Cl2N2Pt. The summed E-state index contributed by atoms with van der Waals surface area (Å²) in [7, 11) is 0. The maximum atomic E-state index is 5.73. The van der Waals surface area contributed by atoms with Crippen molar-refractivity contribution in [2.45, 2.75) is 44.6 Å². The summed E-state index contributed by atoms with van der Waals surface area (Å²) in [5.41, 5.74) is 5.73. The van der Waals surface area contributed by atoms with E-state index in [0.29, 0.717) is 6.04 Å². The second-order valence-electron chi connectivity index (χ2n) is 2.75. The zero-order valence-corrected chi connectivity index (χ0v) is 11.0. The van der Waals surface area contributed by atoms with Gasteiger partial charge in [-0.3, -0.25) is 0 Å². The second kappa shape index (κ2) is 14.7. The minimum atomic E-state index is 0.